The Morgan fingerprint density at radius 3 is 2.53 bits per heavy atom. The summed E-state index contributed by atoms with van der Waals surface area (Å²) in [6.45, 7) is 2.07. The number of hydrogen-bond acceptors (Lipinski definition) is 4. The molecule has 0 atom stereocenters. The van der Waals surface area contributed by atoms with E-state index in [2.05, 4.69) is 17.2 Å². The maximum atomic E-state index is 12.8. The summed E-state index contributed by atoms with van der Waals surface area (Å²) < 4.78 is 1.73. The van der Waals surface area contributed by atoms with Gasteiger partial charge in [0.1, 0.15) is 17.3 Å². The number of pyridine rings is 1. The molecule has 1 amide bonds. The molecule has 6 heteroatoms. The van der Waals surface area contributed by atoms with Gasteiger partial charge in [-0.15, -0.1) is 0 Å². The lowest BCUT2D eigenvalue weighted by molar-refractivity contribution is -0.112. The van der Waals surface area contributed by atoms with E-state index in [0.29, 0.717) is 16.9 Å². The van der Waals surface area contributed by atoms with Crippen molar-refractivity contribution in [2.75, 3.05) is 5.32 Å². The van der Waals surface area contributed by atoms with Crippen molar-refractivity contribution in [3.05, 3.63) is 102 Å². The zero-order valence-electron chi connectivity index (χ0n) is 17.6. The Kier molecular flexibility index (Phi) is 6.19. The minimum absolute atomic E-state index is 0.0117. The molecule has 0 saturated carbocycles. The zero-order chi connectivity index (χ0) is 22.3. The van der Waals surface area contributed by atoms with Crippen LogP contribution in [0.3, 0.4) is 0 Å². The molecule has 156 valence electrons. The summed E-state index contributed by atoms with van der Waals surface area (Å²) in [6.07, 6.45) is 7.67. The fourth-order valence-corrected chi connectivity index (χ4v) is 3.26. The number of benzene rings is 2. The smallest absolute Gasteiger partial charge is 0.266 e. The van der Waals surface area contributed by atoms with Gasteiger partial charge < -0.3 is 5.32 Å². The first-order valence-electron chi connectivity index (χ1n) is 10.3. The Hall–Kier alpha value is -4.50. The molecule has 0 aliphatic rings. The predicted molar refractivity (Wildman–Crippen MR) is 125 cm³/mol. The van der Waals surface area contributed by atoms with Crippen LogP contribution in [0, 0.1) is 11.3 Å². The number of nitriles is 1. The number of nitrogens with one attached hydrogen (secondary N) is 1. The third-order valence-electron chi connectivity index (χ3n) is 4.98. The highest BCUT2D eigenvalue weighted by Gasteiger charge is 2.15. The van der Waals surface area contributed by atoms with Gasteiger partial charge in [-0.2, -0.15) is 10.4 Å². The minimum atomic E-state index is -0.471. The van der Waals surface area contributed by atoms with Crippen LogP contribution in [0.5, 0.6) is 0 Å². The molecule has 0 fully saturated rings. The van der Waals surface area contributed by atoms with Crippen molar-refractivity contribution < 1.29 is 4.79 Å². The van der Waals surface area contributed by atoms with E-state index in [1.165, 1.54) is 5.56 Å². The Balaban J connectivity index is 1.70. The molecule has 0 bridgehead atoms. The molecular weight excluding hydrogens is 398 g/mol. The summed E-state index contributed by atoms with van der Waals surface area (Å²) in [6, 6.07) is 23.0. The fourth-order valence-electron chi connectivity index (χ4n) is 3.26. The van der Waals surface area contributed by atoms with Crippen LogP contribution in [0.1, 0.15) is 18.1 Å². The highest BCUT2D eigenvalue weighted by Crippen LogP contribution is 2.25. The molecule has 0 radical (unpaired) electrons. The normalized spacial score (nSPS) is 11.1. The SMILES string of the molecule is CCc1ccc(NC(=O)/C(C#N)=C/c2cn(-c3ccccc3)nc2-c2cccnc2)cc1. The lowest BCUT2D eigenvalue weighted by Crippen LogP contribution is -2.13. The van der Waals surface area contributed by atoms with Crippen molar-refractivity contribution in [3.8, 4) is 23.0 Å². The Bertz CT molecular complexity index is 1280. The van der Waals surface area contributed by atoms with Crippen LogP contribution in [0.15, 0.2) is 90.9 Å². The first-order valence-corrected chi connectivity index (χ1v) is 10.3. The number of nitrogens with zero attached hydrogens (tertiary/aromatic N) is 4. The summed E-state index contributed by atoms with van der Waals surface area (Å²) in [5.41, 5.74) is 4.75. The van der Waals surface area contributed by atoms with Crippen molar-refractivity contribution >= 4 is 17.7 Å². The van der Waals surface area contributed by atoms with Gasteiger partial charge >= 0.3 is 0 Å². The van der Waals surface area contributed by atoms with Gasteiger partial charge in [-0.3, -0.25) is 9.78 Å². The molecule has 4 aromatic rings. The summed E-state index contributed by atoms with van der Waals surface area (Å²) in [4.78, 5) is 17.0. The van der Waals surface area contributed by atoms with Gasteiger partial charge in [-0.25, -0.2) is 4.68 Å². The van der Waals surface area contributed by atoms with E-state index in [4.69, 9.17) is 5.10 Å². The summed E-state index contributed by atoms with van der Waals surface area (Å²) in [5, 5.41) is 17.2. The zero-order valence-corrected chi connectivity index (χ0v) is 17.6. The molecule has 0 unspecified atom stereocenters. The Morgan fingerprint density at radius 1 is 1.09 bits per heavy atom. The highest BCUT2D eigenvalue weighted by atomic mass is 16.1. The first-order chi connectivity index (χ1) is 15.7. The van der Waals surface area contributed by atoms with Gasteiger partial charge in [0.15, 0.2) is 0 Å². The Labute approximate surface area is 186 Å². The second-order valence-electron chi connectivity index (χ2n) is 7.13. The van der Waals surface area contributed by atoms with E-state index in [-0.39, 0.29) is 5.57 Å². The van der Waals surface area contributed by atoms with Crippen molar-refractivity contribution in [2.24, 2.45) is 0 Å². The quantitative estimate of drug-likeness (QED) is 0.350. The van der Waals surface area contributed by atoms with Gasteiger partial charge in [0.25, 0.3) is 5.91 Å². The van der Waals surface area contributed by atoms with Gasteiger partial charge in [0.2, 0.25) is 0 Å². The summed E-state index contributed by atoms with van der Waals surface area (Å²) in [5.74, 6) is -0.471. The number of aromatic nitrogens is 3. The van der Waals surface area contributed by atoms with Crippen LogP contribution in [0.2, 0.25) is 0 Å². The number of carbonyl (C=O) groups excluding carboxylic acids is 1. The molecule has 2 heterocycles. The van der Waals surface area contributed by atoms with E-state index < -0.39 is 5.91 Å². The number of amides is 1. The summed E-state index contributed by atoms with van der Waals surface area (Å²) >= 11 is 0. The monoisotopic (exact) mass is 419 g/mol. The van der Waals surface area contributed by atoms with Gasteiger partial charge in [0.05, 0.1) is 5.69 Å². The van der Waals surface area contributed by atoms with Crippen LogP contribution in [-0.4, -0.2) is 20.7 Å². The second kappa shape index (κ2) is 9.54. The van der Waals surface area contributed by atoms with Gasteiger partial charge in [-0.05, 0) is 54.5 Å². The van der Waals surface area contributed by atoms with Crippen molar-refractivity contribution in [1.29, 1.82) is 5.26 Å². The second-order valence-corrected chi connectivity index (χ2v) is 7.13. The van der Waals surface area contributed by atoms with Crippen molar-refractivity contribution in [3.63, 3.8) is 0 Å². The fraction of sp³-hybridized carbons (Fsp3) is 0.0769. The molecule has 4 rings (SSSR count). The predicted octanol–water partition coefficient (Wildman–Crippen LogP) is 5.04. The molecule has 6 nitrogen and oxygen atoms in total. The number of para-hydroxylation sites is 1. The lowest BCUT2D eigenvalue weighted by Gasteiger charge is -2.05. The third-order valence-corrected chi connectivity index (χ3v) is 4.98. The van der Waals surface area contributed by atoms with Crippen LogP contribution in [0.25, 0.3) is 23.0 Å². The molecular formula is C26H21N5O. The molecule has 0 aliphatic carbocycles. The molecule has 2 aromatic heterocycles. The lowest BCUT2D eigenvalue weighted by atomic mass is 10.1. The standard InChI is InChI=1S/C26H21N5O/c1-2-19-10-12-23(13-11-19)29-26(32)21(16-27)15-22-18-31(24-8-4-3-5-9-24)30-25(22)20-7-6-14-28-17-20/h3-15,17-18H,2H2,1H3,(H,29,32)/b21-15+. The van der Waals surface area contributed by atoms with E-state index >= 15 is 0 Å². The molecule has 0 saturated heterocycles. The number of aryl methyl sites for hydroxylation is 1. The maximum Gasteiger partial charge on any atom is 0.266 e. The van der Waals surface area contributed by atoms with E-state index in [0.717, 1.165) is 17.7 Å². The minimum Gasteiger partial charge on any atom is -0.321 e. The number of rotatable bonds is 6. The number of hydrogen-bond donors (Lipinski definition) is 1. The number of carbonyl (C=O) groups is 1. The number of anilines is 1. The maximum absolute atomic E-state index is 12.8. The largest absolute Gasteiger partial charge is 0.321 e. The molecule has 32 heavy (non-hydrogen) atoms. The summed E-state index contributed by atoms with van der Waals surface area (Å²) in [7, 11) is 0. The van der Waals surface area contributed by atoms with E-state index in [1.54, 1.807) is 29.3 Å². The van der Waals surface area contributed by atoms with Crippen molar-refractivity contribution in [2.45, 2.75) is 13.3 Å². The first kappa shape index (κ1) is 20.8. The van der Waals surface area contributed by atoms with E-state index in [9.17, 15) is 10.1 Å². The molecule has 0 aliphatic heterocycles. The topological polar surface area (TPSA) is 83.6 Å². The van der Waals surface area contributed by atoms with Crippen LogP contribution in [0.4, 0.5) is 5.69 Å². The van der Waals surface area contributed by atoms with Gasteiger partial charge in [0, 0.05) is 35.4 Å². The van der Waals surface area contributed by atoms with Crippen molar-refractivity contribution in [1.82, 2.24) is 14.8 Å². The van der Waals surface area contributed by atoms with Crippen LogP contribution < -0.4 is 5.32 Å². The van der Waals surface area contributed by atoms with Crippen LogP contribution in [-0.2, 0) is 11.2 Å². The van der Waals surface area contributed by atoms with Gasteiger partial charge in [-0.1, -0.05) is 37.3 Å². The molecule has 2 aromatic carbocycles. The van der Waals surface area contributed by atoms with E-state index in [1.807, 2.05) is 72.8 Å². The average molecular weight is 419 g/mol. The van der Waals surface area contributed by atoms with Crippen LogP contribution >= 0.6 is 0 Å². The third kappa shape index (κ3) is 4.63. The highest BCUT2D eigenvalue weighted by molar-refractivity contribution is 6.10. The molecule has 1 N–H and O–H groups in total. The molecule has 0 spiro atoms. The average Bonchev–Trinajstić information content (AvgIpc) is 3.28. The Morgan fingerprint density at radius 2 is 1.88 bits per heavy atom.